The molecule has 0 aliphatic carbocycles. The van der Waals surface area contributed by atoms with E-state index >= 15 is 0 Å². The van der Waals surface area contributed by atoms with Gasteiger partial charge in [0.2, 0.25) is 15.9 Å². The molecule has 2 N–H and O–H groups in total. The number of hydrogen-bond donors (Lipinski definition) is 2. The molecule has 1 amide bonds. The number of carbonyl (C=O) groups excluding carboxylic acids is 1. The number of aromatic nitrogens is 2. The lowest BCUT2D eigenvalue weighted by molar-refractivity contribution is -0.119. The third-order valence-corrected chi connectivity index (χ3v) is 7.96. The van der Waals surface area contributed by atoms with Gasteiger partial charge in [-0.15, -0.1) is 0 Å². The number of benzene rings is 3. The summed E-state index contributed by atoms with van der Waals surface area (Å²) in [4.78, 5) is 20.7. The minimum Gasteiger partial charge on any atom is -0.338 e. The molecule has 174 valence electrons. The van der Waals surface area contributed by atoms with E-state index in [0.717, 1.165) is 5.56 Å². The first-order valence-corrected chi connectivity index (χ1v) is 12.4. The van der Waals surface area contributed by atoms with Crippen LogP contribution in [0.4, 0.5) is 10.1 Å². The topological polar surface area (TPSA) is 95.2 Å². The zero-order valence-electron chi connectivity index (χ0n) is 18.5. The molecule has 0 spiro atoms. The highest BCUT2D eigenvalue weighted by atomic mass is 32.2. The summed E-state index contributed by atoms with van der Waals surface area (Å²) in [6.07, 6.45) is 0.952. The number of anilines is 1. The van der Waals surface area contributed by atoms with Crippen LogP contribution in [0.2, 0.25) is 0 Å². The van der Waals surface area contributed by atoms with Gasteiger partial charge in [-0.05, 0) is 55.7 Å². The van der Waals surface area contributed by atoms with Crippen LogP contribution in [-0.4, -0.2) is 41.2 Å². The normalized spacial score (nSPS) is 16.7. The first kappa shape index (κ1) is 22.2. The van der Waals surface area contributed by atoms with Crippen molar-refractivity contribution in [2.45, 2.75) is 30.7 Å². The van der Waals surface area contributed by atoms with Crippen LogP contribution in [0.25, 0.3) is 22.4 Å². The molecule has 0 unspecified atom stereocenters. The van der Waals surface area contributed by atoms with Crippen LogP contribution in [0, 0.1) is 12.7 Å². The van der Waals surface area contributed by atoms with E-state index in [4.69, 9.17) is 0 Å². The summed E-state index contributed by atoms with van der Waals surface area (Å²) in [6.45, 7) is 1.87. The van der Waals surface area contributed by atoms with E-state index in [0.29, 0.717) is 41.0 Å². The van der Waals surface area contributed by atoms with Crippen molar-refractivity contribution in [1.82, 2.24) is 14.3 Å². The smallest absolute Gasteiger partial charge is 0.243 e. The number of imidazole rings is 1. The van der Waals surface area contributed by atoms with Gasteiger partial charge in [0.1, 0.15) is 17.7 Å². The number of nitrogens with zero attached hydrogens (tertiary/aromatic N) is 2. The molecular weight excluding hydrogens is 455 g/mol. The Labute approximate surface area is 196 Å². The Bertz CT molecular complexity index is 1480. The summed E-state index contributed by atoms with van der Waals surface area (Å²) < 4.78 is 42.0. The first-order chi connectivity index (χ1) is 16.3. The van der Waals surface area contributed by atoms with Gasteiger partial charge in [-0.3, -0.25) is 4.79 Å². The highest BCUT2D eigenvalue weighted by Gasteiger charge is 2.39. The second kappa shape index (κ2) is 8.66. The molecular formula is C25H23FN4O3S. The number of fused-ring (bicyclic) bond motifs is 1. The lowest BCUT2D eigenvalue weighted by Crippen LogP contribution is -2.43. The number of halogens is 1. The SMILES string of the molecule is Cc1ccc(NC(=O)[C@@H]2CCCN2S(=O)(=O)c2ccc3nc(-c4ccccc4)[nH]c3c2)cc1F. The molecule has 1 aliphatic rings. The Balaban J connectivity index is 1.41. The molecule has 2 heterocycles. The van der Waals surface area contributed by atoms with Crippen molar-refractivity contribution in [3.63, 3.8) is 0 Å². The third-order valence-electron chi connectivity index (χ3n) is 6.05. The van der Waals surface area contributed by atoms with Crippen molar-refractivity contribution < 1.29 is 17.6 Å². The monoisotopic (exact) mass is 478 g/mol. The van der Waals surface area contributed by atoms with Gasteiger partial charge < -0.3 is 10.3 Å². The number of rotatable bonds is 5. The molecule has 0 bridgehead atoms. The molecule has 1 aliphatic heterocycles. The summed E-state index contributed by atoms with van der Waals surface area (Å²) in [5.41, 5.74) is 2.90. The molecule has 1 atom stereocenters. The summed E-state index contributed by atoms with van der Waals surface area (Å²) in [5.74, 6) is -0.261. The molecule has 3 aromatic carbocycles. The minimum absolute atomic E-state index is 0.0874. The van der Waals surface area contributed by atoms with Crippen LogP contribution in [0.3, 0.4) is 0 Å². The Hall–Kier alpha value is -3.56. The molecule has 7 nitrogen and oxygen atoms in total. The summed E-state index contributed by atoms with van der Waals surface area (Å²) in [6, 6.07) is 17.8. The Morgan fingerprint density at radius 3 is 2.68 bits per heavy atom. The molecule has 1 aromatic heterocycles. The molecule has 9 heteroatoms. The van der Waals surface area contributed by atoms with E-state index in [2.05, 4.69) is 15.3 Å². The minimum atomic E-state index is -3.94. The van der Waals surface area contributed by atoms with Crippen LogP contribution < -0.4 is 5.32 Å². The quantitative estimate of drug-likeness (QED) is 0.443. The van der Waals surface area contributed by atoms with Crippen molar-refractivity contribution in [2.75, 3.05) is 11.9 Å². The Morgan fingerprint density at radius 1 is 1.12 bits per heavy atom. The van der Waals surface area contributed by atoms with Crippen LogP contribution in [0.1, 0.15) is 18.4 Å². The average molecular weight is 479 g/mol. The molecule has 0 radical (unpaired) electrons. The maximum atomic E-state index is 13.9. The molecule has 5 rings (SSSR count). The highest BCUT2D eigenvalue weighted by Crippen LogP contribution is 2.29. The maximum Gasteiger partial charge on any atom is 0.243 e. The second-order valence-electron chi connectivity index (χ2n) is 8.36. The highest BCUT2D eigenvalue weighted by molar-refractivity contribution is 7.89. The van der Waals surface area contributed by atoms with Crippen molar-refractivity contribution >= 4 is 32.7 Å². The number of aryl methyl sites for hydroxylation is 1. The van der Waals surface area contributed by atoms with Crippen LogP contribution in [0.15, 0.2) is 71.6 Å². The van der Waals surface area contributed by atoms with Crippen LogP contribution in [0.5, 0.6) is 0 Å². The lowest BCUT2D eigenvalue weighted by Gasteiger charge is -2.23. The number of aromatic amines is 1. The predicted octanol–water partition coefficient (Wildman–Crippen LogP) is 4.47. The predicted molar refractivity (Wildman–Crippen MR) is 128 cm³/mol. The van der Waals surface area contributed by atoms with Gasteiger partial charge in [0.15, 0.2) is 0 Å². The zero-order chi connectivity index (χ0) is 23.9. The van der Waals surface area contributed by atoms with Gasteiger partial charge in [0.25, 0.3) is 0 Å². The Morgan fingerprint density at radius 2 is 1.91 bits per heavy atom. The number of carbonyl (C=O) groups is 1. The van der Waals surface area contributed by atoms with Gasteiger partial charge >= 0.3 is 0 Å². The molecule has 34 heavy (non-hydrogen) atoms. The largest absolute Gasteiger partial charge is 0.338 e. The maximum absolute atomic E-state index is 13.9. The van der Waals surface area contributed by atoms with Crippen molar-refractivity contribution in [2.24, 2.45) is 0 Å². The number of hydrogen-bond acceptors (Lipinski definition) is 4. The van der Waals surface area contributed by atoms with E-state index in [-0.39, 0.29) is 11.4 Å². The van der Waals surface area contributed by atoms with E-state index < -0.39 is 27.8 Å². The van der Waals surface area contributed by atoms with Gasteiger partial charge in [-0.1, -0.05) is 36.4 Å². The van der Waals surface area contributed by atoms with Crippen LogP contribution in [-0.2, 0) is 14.8 Å². The number of sulfonamides is 1. The summed E-state index contributed by atoms with van der Waals surface area (Å²) in [7, 11) is -3.94. The van der Waals surface area contributed by atoms with Crippen LogP contribution >= 0.6 is 0 Å². The fraction of sp³-hybridized carbons (Fsp3) is 0.200. The fourth-order valence-electron chi connectivity index (χ4n) is 4.20. The van der Waals surface area contributed by atoms with E-state index in [9.17, 15) is 17.6 Å². The molecule has 4 aromatic rings. The van der Waals surface area contributed by atoms with Gasteiger partial charge in [-0.2, -0.15) is 4.31 Å². The van der Waals surface area contributed by atoms with Gasteiger partial charge in [-0.25, -0.2) is 17.8 Å². The van der Waals surface area contributed by atoms with Gasteiger partial charge in [0.05, 0.1) is 15.9 Å². The fourth-order valence-corrected chi connectivity index (χ4v) is 5.89. The van der Waals surface area contributed by atoms with Crippen molar-refractivity contribution in [1.29, 1.82) is 0 Å². The third kappa shape index (κ3) is 4.08. The van der Waals surface area contributed by atoms with Crippen molar-refractivity contribution in [3.8, 4) is 11.4 Å². The molecule has 1 fully saturated rings. The van der Waals surface area contributed by atoms with Crippen molar-refractivity contribution in [3.05, 3.63) is 78.1 Å². The summed E-state index contributed by atoms with van der Waals surface area (Å²) >= 11 is 0. The standard InChI is InChI=1S/C25H23FN4O3S/c1-16-9-10-18(14-20(16)26)27-25(31)23-8-5-13-30(23)34(32,33)19-11-12-21-22(15-19)29-24(28-21)17-6-3-2-4-7-17/h2-4,6-7,9-12,14-15,23H,5,8,13H2,1H3,(H,27,31)(H,28,29)/t23-/m0/s1. The van der Waals surface area contributed by atoms with Gasteiger partial charge in [0, 0.05) is 17.8 Å². The number of H-pyrrole nitrogens is 1. The average Bonchev–Trinajstić information content (AvgIpc) is 3.49. The zero-order valence-corrected chi connectivity index (χ0v) is 19.3. The Kier molecular flexibility index (Phi) is 5.66. The van der Waals surface area contributed by atoms with E-state index in [1.165, 1.54) is 16.4 Å². The summed E-state index contributed by atoms with van der Waals surface area (Å²) in [5, 5.41) is 2.66. The molecule has 1 saturated heterocycles. The first-order valence-electron chi connectivity index (χ1n) is 11.0. The molecule has 0 saturated carbocycles. The lowest BCUT2D eigenvalue weighted by atomic mass is 10.2. The number of nitrogens with one attached hydrogen (secondary N) is 2. The van der Waals surface area contributed by atoms with E-state index in [1.54, 1.807) is 31.2 Å². The van der Waals surface area contributed by atoms with E-state index in [1.807, 2.05) is 30.3 Å². The number of amides is 1. The second-order valence-corrected chi connectivity index (χ2v) is 10.2.